The summed E-state index contributed by atoms with van der Waals surface area (Å²) in [7, 11) is 0. The second-order valence-electron chi connectivity index (χ2n) is 4.80. The fourth-order valence-corrected chi connectivity index (χ4v) is 2.40. The van der Waals surface area contributed by atoms with Crippen molar-refractivity contribution in [3.8, 4) is 30.3 Å². The van der Waals surface area contributed by atoms with Crippen molar-refractivity contribution >= 4 is 11.4 Å². The molecule has 7 heteroatoms. The lowest BCUT2D eigenvalue weighted by atomic mass is 9.85. The van der Waals surface area contributed by atoms with E-state index < -0.39 is 0 Å². The summed E-state index contributed by atoms with van der Waals surface area (Å²) in [5.41, 5.74) is -0.259. The molecule has 1 aliphatic rings. The highest BCUT2D eigenvalue weighted by Gasteiger charge is 2.31. The number of nitriles is 5. The van der Waals surface area contributed by atoms with Crippen LogP contribution in [0, 0.1) is 62.1 Å². The zero-order valence-electron chi connectivity index (χ0n) is 13.1. The number of rotatable bonds is 1. The molecule has 0 unspecified atom stereocenters. The van der Waals surface area contributed by atoms with Gasteiger partial charge in [-0.15, -0.1) is 0 Å². The average molecular weight is 333 g/mol. The van der Waals surface area contributed by atoms with Crippen LogP contribution in [0.4, 0.5) is 0 Å². The molecule has 0 spiro atoms. The number of nitrogens with zero attached hydrogens (tertiary/aromatic N) is 5. The van der Waals surface area contributed by atoms with Gasteiger partial charge in [-0.1, -0.05) is 30.3 Å². The van der Waals surface area contributed by atoms with Gasteiger partial charge in [0.1, 0.15) is 30.3 Å². The first-order valence-electron chi connectivity index (χ1n) is 7.03. The first kappa shape index (κ1) is 17.5. The normalized spacial score (nSPS) is 12.3. The molecular weight excluding hydrogens is 326 g/mol. The first-order valence-corrected chi connectivity index (χ1v) is 7.03. The largest absolute Gasteiger partial charge is 0.350 e. The zero-order chi connectivity index (χ0) is 19.1. The van der Waals surface area contributed by atoms with E-state index in [9.17, 15) is 26.3 Å². The van der Waals surface area contributed by atoms with Gasteiger partial charge in [-0.2, -0.15) is 26.3 Å². The van der Waals surface area contributed by atoms with Crippen LogP contribution in [0.15, 0.2) is 64.0 Å². The lowest BCUT2D eigenvalue weighted by Crippen LogP contribution is -2.26. The van der Waals surface area contributed by atoms with Crippen molar-refractivity contribution < 1.29 is 0 Å². The van der Waals surface area contributed by atoms with Crippen molar-refractivity contribution in [2.75, 3.05) is 0 Å². The molecule has 0 aromatic heterocycles. The summed E-state index contributed by atoms with van der Waals surface area (Å²) in [6, 6.07) is 17.2. The van der Waals surface area contributed by atoms with Gasteiger partial charge in [0.25, 0.3) is 0 Å². The summed E-state index contributed by atoms with van der Waals surface area (Å²) < 4.78 is 0. The van der Waals surface area contributed by atoms with Crippen molar-refractivity contribution in [2.45, 2.75) is 0 Å². The third-order valence-corrected chi connectivity index (χ3v) is 3.50. The van der Waals surface area contributed by atoms with Gasteiger partial charge in [-0.05, 0) is 11.4 Å². The molecule has 118 valence electrons. The van der Waals surface area contributed by atoms with E-state index in [4.69, 9.17) is 5.41 Å². The number of benzene rings is 1. The van der Waals surface area contributed by atoms with Crippen LogP contribution < -0.4 is 5.32 Å². The molecule has 1 aliphatic heterocycles. The molecule has 1 aromatic rings. The van der Waals surface area contributed by atoms with E-state index in [2.05, 4.69) is 11.2 Å². The predicted octanol–water partition coefficient (Wildman–Crippen LogP) is 2.34. The van der Waals surface area contributed by atoms with E-state index in [0.29, 0.717) is 5.56 Å². The lowest BCUT2D eigenvalue weighted by Gasteiger charge is -2.25. The Morgan fingerprint density at radius 2 is 1.35 bits per heavy atom. The summed E-state index contributed by atoms with van der Waals surface area (Å²) in [4.78, 5) is 0. The van der Waals surface area contributed by atoms with Crippen LogP contribution in [0.25, 0.3) is 5.57 Å². The number of hydrogen-bond donors (Lipinski definition) is 2. The van der Waals surface area contributed by atoms with Gasteiger partial charge >= 0.3 is 0 Å². The Kier molecular flexibility index (Phi) is 5.12. The van der Waals surface area contributed by atoms with E-state index in [-0.39, 0.29) is 39.3 Å². The Morgan fingerprint density at radius 1 is 0.808 bits per heavy atom. The molecule has 0 saturated carbocycles. The predicted molar refractivity (Wildman–Crippen MR) is 89.9 cm³/mol. The van der Waals surface area contributed by atoms with Gasteiger partial charge in [0.05, 0.1) is 22.5 Å². The summed E-state index contributed by atoms with van der Waals surface area (Å²) in [6.07, 6.45) is 0. The van der Waals surface area contributed by atoms with Gasteiger partial charge in [0, 0.05) is 5.57 Å². The number of hydrogen-bond acceptors (Lipinski definition) is 7. The summed E-state index contributed by atoms with van der Waals surface area (Å²) >= 11 is 0. The van der Waals surface area contributed by atoms with E-state index in [1.165, 1.54) is 0 Å². The summed E-state index contributed by atoms with van der Waals surface area (Å²) in [6.45, 7) is 0. The van der Waals surface area contributed by atoms with Gasteiger partial charge in [-0.25, -0.2) is 0 Å². The quantitative estimate of drug-likeness (QED) is 0.593. The molecule has 2 rings (SSSR count). The molecule has 1 aromatic carbocycles. The highest BCUT2D eigenvalue weighted by atomic mass is 14.9. The molecule has 0 fully saturated rings. The fourth-order valence-electron chi connectivity index (χ4n) is 2.40. The van der Waals surface area contributed by atoms with Gasteiger partial charge in [0.2, 0.25) is 0 Å². The maximum Gasteiger partial charge on any atom is 0.154 e. The molecule has 0 saturated heterocycles. The van der Waals surface area contributed by atoms with Gasteiger partial charge in [0.15, 0.2) is 11.1 Å². The summed E-state index contributed by atoms with van der Waals surface area (Å²) in [5, 5.41) is 56.7. The molecule has 2 N–H and O–H groups in total. The van der Waals surface area contributed by atoms with Crippen LogP contribution in [-0.2, 0) is 0 Å². The van der Waals surface area contributed by atoms with Crippen molar-refractivity contribution in [3.63, 3.8) is 0 Å². The van der Waals surface area contributed by atoms with Crippen molar-refractivity contribution in [1.82, 2.24) is 5.32 Å². The molecular formula is C19H7N7. The van der Waals surface area contributed by atoms with Crippen molar-refractivity contribution in [3.05, 3.63) is 69.6 Å². The van der Waals surface area contributed by atoms with Crippen LogP contribution in [0.5, 0.6) is 0 Å². The maximum atomic E-state index is 9.64. The van der Waals surface area contributed by atoms with Gasteiger partial charge < -0.3 is 5.32 Å². The Hall–Kier alpha value is -4.86. The summed E-state index contributed by atoms with van der Waals surface area (Å²) in [5.74, 6) is 2.16. The highest BCUT2D eigenvalue weighted by Crippen LogP contribution is 2.37. The smallest absolute Gasteiger partial charge is 0.154 e. The topological polar surface area (TPSA) is 155 Å². The third kappa shape index (κ3) is 2.83. The van der Waals surface area contributed by atoms with Gasteiger partial charge in [-0.3, -0.25) is 5.41 Å². The standard InChI is InChI=1S/C19H7N7/c20-6-13(7-21)18-15(10-24)17(12-4-2-1-3-5-12)16(11-25)19(26-18)14(8-22)9-23/h1-5,24,26H. The number of allylic oxidation sites excluding steroid dienone is 4. The molecule has 7 nitrogen and oxygen atoms in total. The second kappa shape index (κ2) is 7.61. The Morgan fingerprint density at radius 3 is 1.81 bits per heavy atom. The van der Waals surface area contributed by atoms with Crippen molar-refractivity contribution in [2.24, 2.45) is 0 Å². The van der Waals surface area contributed by atoms with Crippen molar-refractivity contribution in [1.29, 1.82) is 31.7 Å². The lowest BCUT2D eigenvalue weighted by molar-refractivity contribution is 0.978. The average Bonchev–Trinajstić information content (AvgIpc) is 2.70. The molecule has 0 bridgehead atoms. The minimum Gasteiger partial charge on any atom is -0.350 e. The van der Waals surface area contributed by atoms with Crippen LogP contribution in [-0.4, -0.2) is 5.87 Å². The molecule has 0 atom stereocenters. The fraction of sp³-hybridized carbons (Fsp3) is 0. The molecule has 0 radical (unpaired) electrons. The van der Waals surface area contributed by atoms with Crippen LogP contribution >= 0.6 is 0 Å². The third-order valence-electron chi connectivity index (χ3n) is 3.50. The van der Waals surface area contributed by atoms with E-state index in [1.807, 2.05) is 6.07 Å². The SMILES string of the molecule is N#CC(C#N)=C1NC(=C(C#N)C#N)C(C#N)=C(c2ccccc2)C1=C=N. The molecule has 26 heavy (non-hydrogen) atoms. The Labute approximate surface area is 149 Å². The van der Waals surface area contributed by atoms with Crippen LogP contribution in [0.3, 0.4) is 0 Å². The van der Waals surface area contributed by atoms with E-state index in [1.54, 1.807) is 54.6 Å². The van der Waals surface area contributed by atoms with Crippen LogP contribution in [0.2, 0.25) is 0 Å². The minimum atomic E-state index is -0.383. The van der Waals surface area contributed by atoms with Crippen LogP contribution in [0.1, 0.15) is 5.56 Å². The number of nitrogens with one attached hydrogen (secondary N) is 2. The molecule has 1 heterocycles. The maximum absolute atomic E-state index is 9.64. The second-order valence-corrected chi connectivity index (χ2v) is 4.80. The minimum absolute atomic E-state index is 0.0184. The monoisotopic (exact) mass is 333 g/mol. The Bertz CT molecular complexity index is 1110. The zero-order valence-corrected chi connectivity index (χ0v) is 13.1. The Balaban J connectivity index is 3.09. The molecule has 0 aliphatic carbocycles. The first-order chi connectivity index (χ1) is 12.7. The highest BCUT2D eigenvalue weighted by molar-refractivity contribution is 5.99. The molecule has 0 amide bonds. The van der Waals surface area contributed by atoms with E-state index >= 15 is 0 Å². The van der Waals surface area contributed by atoms with E-state index in [0.717, 1.165) is 0 Å².